The number of benzene rings is 1. The quantitative estimate of drug-likeness (QED) is 0.630. The molecule has 4 rings (SSSR count). The molecule has 1 saturated heterocycles. The van der Waals surface area contributed by atoms with Crippen LogP contribution in [0, 0.1) is 6.92 Å². The van der Waals surface area contributed by atoms with Gasteiger partial charge in [0.05, 0.1) is 11.7 Å². The van der Waals surface area contributed by atoms with Crippen LogP contribution in [0.2, 0.25) is 0 Å². The lowest BCUT2D eigenvalue weighted by Gasteiger charge is -2.27. The Kier molecular flexibility index (Phi) is 3.89. The summed E-state index contributed by atoms with van der Waals surface area (Å²) in [7, 11) is 0. The molecule has 6 heteroatoms. The van der Waals surface area contributed by atoms with Crippen molar-refractivity contribution in [1.82, 2.24) is 15.3 Å². The second-order valence-corrected chi connectivity index (χ2v) is 6.50. The van der Waals surface area contributed by atoms with Gasteiger partial charge in [-0.1, -0.05) is 6.07 Å². The maximum atomic E-state index is 9.60. The zero-order valence-electron chi connectivity index (χ0n) is 13.7. The lowest BCUT2D eigenvalue weighted by Crippen LogP contribution is -2.29. The SMILES string of the molecule is Cc1ccc([C@@H]2[C@@H](c3ccccn3)NC(=S)N2c2ccc(O)cc2)[nH]1. The van der Waals surface area contributed by atoms with Crippen molar-refractivity contribution in [1.29, 1.82) is 0 Å². The molecular weight excluding hydrogens is 332 g/mol. The van der Waals surface area contributed by atoms with Crippen LogP contribution in [0.15, 0.2) is 60.8 Å². The molecule has 25 heavy (non-hydrogen) atoms. The molecule has 0 spiro atoms. The number of anilines is 1. The van der Waals surface area contributed by atoms with Crippen LogP contribution in [0.5, 0.6) is 5.75 Å². The zero-order valence-corrected chi connectivity index (χ0v) is 14.5. The molecule has 2 aromatic heterocycles. The fraction of sp³-hybridized carbons (Fsp3) is 0.158. The maximum absolute atomic E-state index is 9.60. The van der Waals surface area contributed by atoms with Gasteiger partial charge in [0.1, 0.15) is 11.8 Å². The van der Waals surface area contributed by atoms with E-state index in [1.54, 1.807) is 18.3 Å². The van der Waals surface area contributed by atoms with E-state index in [4.69, 9.17) is 12.2 Å². The molecule has 126 valence electrons. The van der Waals surface area contributed by atoms with Crippen LogP contribution in [-0.4, -0.2) is 20.2 Å². The number of phenolic OH excluding ortho intramolecular Hbond substituents is 1. The maximum Gasteiger partial charge on any atom is 0.174 e. The molecule has 0 aliphatic carbocycles. The van der Waals surface area contributed by atoms with Gasteiger partial charge in [0.25, 0.3) is 0 Å². The number of hydrogen-bond donors (Lipinski definition) is 3. The Bertz CT molecular complexity index is 891. The molecule has 0 saturated carbocycles. The van der Waals surface area contributed by atoms with Crippen LogP contribution >= 0.6 is 12.2 Å². The van der Waals surface area contributed by atoms with E-state index in [0.29, 0.717) is 5.11 Å². The summed E-state index contributed by atoms with van der Waals surface area (Å²) in [6.07, 6.45) is 1.79. The van der Waals surface area contributed by atoms with Crippen molar-refractivity contribution >= 4 is 23.0 Å². The van der Waals surface area contributed by atoms with Gasteiger partial charge in [0.2, 0.25) is 0 Å². The number of nitrogens with zero attached hydrogens (tertiary/aromatic N) is 2. The lowest BCUT2D eigenvalue weighted by molar-refractivity contribution is 0.475. The highest BCUT2D eigenvalue weighted by molar-refractivity contribution is 7.80. The second-order valence-electron chi connectivity index (χ2n) is 6.11. The van der Waals surface area contributed by atoms with Gasteiger partial charge in [-0.25, -0.2) is 0 Å². The van der Waals surface area contributed by atoms with Crippen molar-refractivity contribution in [3.63, 3.8) is 0 Å². The predicted molar refractivity (Wildman–Crippen MR) is 102 cm³/mol. The molecule has 5 nitrogen and oxygen atoms in total. The number of pyridine rings is 1. The molecular formula is C19H18N4OS. The Balaban J connectivity index is 1.81. The molecule has 0 radical (unpaired) electrons. The first-order valence-electron chi connectivity index (χ1n) is 8.09. The summed E-state index contributed by atoms with van der Waals surface area (Å²) in [6, 6.07) is 17.0. The Morgan fingerprint density at radius 3 is 2.52 bits per heavy atom. The topological polar surface area (TPSA) is 64.2 Å². The smallest absolute Gasteiger partial charge is 0.174 e. The minimum atomic E-state index is -0.0689. The van der Waals surface area contributed by atoms with Crippen LogP contribution in [0.4, 0.5) is 5.69 Å². The number of aromatic amines is 1. The Morgan fingerprint density at radius 1 is 1.08 bits per heavy atom. The summed E-state index contributed by atoms with van der Waals surface area (Å²) in [6.45, 7) is 2.03. The summed E-state index contributed by atoms with van der Waals surface area (Å²) in [5.74, 6) is 0.232. The second kappa shape index (κ2) is 6.22. The fourth-order valence-electron chi connectivity index (χ4n) is 3.26. The van der Waals surface area contributed by atoms with Gasteiger partial charge in [-0.15, -0.1) is 0 Å². The number of rotatable bonds is 3. The monoisotopic (exact) mass is 350 g/mol. The Morgan fingerprint density at radius 2 is 1.88 bits per heavy atom. The van der Waals surface area contributed by atoms with Crippen molar-refractivity contribution in [3.8, 4) is 5.75 Å². The molecule has 3 heterocycles. The van der Waals surface area contributed by atoms with Gasteiger partial charge < -0.3 is 20.3 Å². The summed E-state index contributed by atoms with van der Waals surface area (Å²) in [5, 5.41) is 13.6. The van der Waals surface area contributed by atoms with Crippen molar-refractivity contribution in [3.05, 3.63) is 77.9 Å². The largest absolute Gasteiger partial charge is 0.508 e. The van der Waals surface area contributed by atoms with Crippen molar-refractivity contribution in [2.45, 2.75) is 19.0 Å². The minimum Gasteiger partial charge on any atom is -0.508 e. The first kappa shape index (κ1) is 15.7. The number of phenols is 1. The van der Waals surface area contributed by atoms with E-state index in [9.17, 15) is 5.11 Å². The van der Waals surface area contributed by atoms with Gasteiger partial charge in [0.15, 0.2) is 5.11 Å². The van der Waals surface area contributed by atoms with Gasteiger partial charge in [-0.2, -0.15) is 0 Å². The van der Waals surface area contributed by atoms with Crippen LogP contribution in [0.3, 0.4) is 0 Å². The Labute approximate surface area is 151 Å². The van der Waals surface area contributed by atoms with E-state index >= 15 is 0 Å². The summed E-state index contributed by atoms with van der Waals surface area (Å²) < 4.78 is 0. The van der Waals surface area contributed by atoms with E-state index in [0.717, 1.165) is 22.8 Å². The van der Waals surface area contributed by atoms with Gasteiger partial charge in [-0.05, 0) is 67.7 Å². The fourth-order valence-corrected chi connectivity index (χ4v) is 3.61. The van der Waals surface area contributed by atoms with Gasteiger partial charge in [-0.3, -0.25) is 4.98 Å². The molecule has 1 aliphatic rings. The third-order valence-corrected chi connectivity index (χ3v) is 4.71. The number of aryl methyl sites for hydroxylation is 1. The number of thiocarbonyl (C=S) groups is 1. The highest BCUT2D eigenvalue weighted by atomic mass is 32.1. The Hall–Kier alpha value is -2.86. The third-order valence-electron chi connectivity index (χ3n) is 4.40. The van der Waals surface area contributed by atoms with Crippen molar-refractivity contribution < 1.29 is 5.11 Å². The van der Waals surface area contributed by atoms with Crippen molar-refractivity contribution in [2.24, 2.45) is 0 Å². The predicted octanol–water partition coefficient (Wildman–Crippen LogP) is 3.60. The highest BCUT2D eigenvalue weighted by Crippen LogP contribution is 2.41. The zero-order chi connectivity index (χ0) is 17.4. The molecule has 0 unspecified atom stereocenters. The number of hydrogen-bond acceptors (Lipinski definition) is 3. The molecule has 2 atom stereocenters. The van der Waals surface area contributed by atoms with Crippen LogP contribution < -0.4 is 10.2 Å². The van der Waals surface area contributed by atoms with Crippen LogP contribution in [0.1, 0.15) is 29.2 Å². The first-order chi connectivity index (χ1) is 12.1. The molecule has 3 N–H and O–H groups in total. The van der Waals surface area contributed by atoms with E-state index in [-0.39, 0.29) is 17.8 Å². The van der Waals surface area contributed by atoms with Gasteiger partial charge in [0, 0.05) is 23.3 Å². The molecule has 0 bridgehead atoms. The summed E-state index contributed by atoms with van der Waals surface area (Å²) in [5.41, 5.74) is 4.01. The minimum absolute atomic E-state index is 0.0550. The molecule has 1 aliphatic heterocycles. The van der Waals surface area contributed by atoms with Crippen molar-refractivity contribution in [2.75, 3.05) is 4.90 Å². The number of aromatic nitrogens is 2. The van der Waals surface area contributed by atoms with Crippen LogP contribution in [0.25, 0.3) is 0 Å². The third kappa shape index (κ3) is 2.85. The van der Waals surface area contributed by atoms with E-state index in [2.05, 4.69) is 32.3 Å². The van der Waals surface area contributed by atoms with E-state index in [1.807, 2.05) is 37.3 Å². The molecule has 1 aromatic carbocycles. The normalized spacial score (nSPS) is 19.9. The average Bonchev–Trinajstić information content (AvgIpc) is 3.20. The van der Waals surface area contributed by atoms with E-state index < -0.39 is 0 Å². The van der Waals surface area contributed by atoms with Gasteiger partial charge >= 0.3 is 0 Å². The summed E-state index contributed by atoms with van der Waals surface area (Å²) in [4.78, 5) is 10.0. The average molecular weight is 350 g/mol. The molecule has 0 amide bonds. The molecule has 3 aromatic rings. The summed E-state index contributed by atoms with van der Waals surface area (Å²) >= 11 is 5.63. The first-order valence-corrected chi connectivity index (χ1v) is 8.49. The van der Waals surface area contributed by atoms with Crippen LogP contribution in [-0.2, 0) is 0 Å². The number of nitrogens with one attached hydrogen (secondary N) is 2. The molecule has 1 fully saturated rings. The standard InChI is InChI=1S/C19H18N4OS/c1-12-5-10-16(21-12)18-17(15-4-2-3-11-20-15)22-19(25)23(18)13-6-8-14(24)9-7-13/h2-11,17-18,21,24H,1H3,(H,22,25)/t17-,18-/m1/s1. The number of H-pyrrole nitrogens is 1. The van der Waals surface area contributed by atoms with E-state index in [1.165, 1.54) is 0 Å². The highest BCUT2D eigenvalue weighted by Gasteiger charge is 2.41. The number of aromatic hydroxyl groups is 1. The lowest BCUT2D eigenvalue weighted by atomic mass is 10.0.